The van der Waals surface area contributed by atoms with Crippen LogP contribution in [0.2, 0.25) is 0 Å². The van der Waals surface area contributed by atoms with Crippen LogP contribution in [-0.2, 0) is 13.1 Å². The summed E-state index contributed by atoms with van der Waals surface area (Å²) in [6.45, 7) is 1.70. The van der Waals surface area contributed by atoms with Crippen LogP contribution in [0.25, 0.3) is 0 Å². The lowest BCUT2D eigenvalue weighted by atomic mass is 10.2. The van der Waals surface area contributed by atoms with E-state index >= 15 is 0 Å². The first kappa shape index (κ1) is 13.4. The van der Waals surface area contributed by atoms with Gasteiger partial charge in [-0.3, -0.25) is 0 Å². The molecule has 0 saturated heterocycles. The van der Waals surface area contributed by atoms with E-state index in [-0.39, 0.29) is 0 Å². The van der Waals surface area contributed by atoms with Crippen LogP contribution >= 0.6 is 0 Å². The van der Waals surface area contributed by atoms with Gasteiger partial charge in [-0.2, -0.15) is 0 Å². The van der Waals surface area contributed by atoms with E-state index < -0.39 is 0 Å². The molecule has 100 valence electrons. The maximum absolute atomic E-state index is 5.21. The average Bonchev–Trinajstić information content (AvgIpc) is 2.48. The smallest absolute Gasteiger partial charge is 0.119 e. The van der Waals surface area contributed by atoms with E-state index in [1.54, 1.807) is 7.11 Å². The number of ether oxygens (including phenoxy) is 1. The lowest BCUT2D eigenvalue weighted by molar-refractivity contribution is 0.414. The maximum atomic E-state index is 5.21. The number of benzene rings is 2. The number of rotatable bonds is 6. The molecule has 0 aliphatic heterocycles. The van der Waals surface area contributed by atoms with Crippen LogP contribution < -0.4 is 15.4 Å². The number of anilines is 1. The maximum Gasteiger partial charge on any atom is 0.119 e. The van der Waals surface area contributed by atoms with Crippen molar-refractivity contribution in [1.29, 1.82) is 0 Å². The molecule has 2 N–H and O–H groups in total. The molecule has 0 radical (unpaired) electrons. The molecule has 0 aromatic heterocycles. The summed E-state index contributed by atoms with van der Waals surface area (Å²) in [5.41, 5.74) is 3.64. The third-order valence-corrected chi connectivity index (χ3v) is 3.04. The SMILES string of the molecule is CNc1ccc(CNCc2cccc(OC)c2)cc1. The summed E-state index contributed by atoms with van der Waals surface area (Å²) >= 11 is 0. The molecule has 0 aliphatic carbocycles. The summed E-state index contributed by atoms with van der Waals surface area (Å²) < 4.78 is 5.21. The highest BCUT2D eigenvalue weighted by atomic mass is 16.5. The number of hydrogen-bond donors (Lipinski definition) is 2. The van der Waals surface area contributed by atoms with Crippen molar-refractivity contribution in [3.8, 4) is 5.75 Å². The summed E-state index contributed by atoms with van der Waals surface area (Å²) in [4.78, 5) is 0. The molecule has 0 heterocycles. The van der Waals surface area contributed by atoms with Gasteiger partial charge in [-0.15, -0.1) is 0 Å². The second-order valence-electron chi connectivity index (χ2n) is 4.40. The molecular weight excluding hydrogens is 236 g/mol. The zero-order chi connectivity index (χ0) is 13.5. The minimum atomic E-state index is 0.838. The topological polar surface area (TPSA) is 33.3 Å². The fourth-order valence-corrected chi connectivity index (χ4v) is 1.92. The van der Waals surface area contributed by atoms with Gasteiger partial charge in [0.1, 0.15) is 5.75 Å². The molecule has 2 aromatic rings. The van der Waals surface area contributed by atoms with Crippen LogP contribution in [0.15, 0.2) is 48.5 Å². The number of nitrogens with one attached hydrogen (secondary N) is 2. The largest absolute Gasteiger partial charge is 0.497 e. The van der Waals surface area contributed by atoms with Crippen molar-refractivity contribution in [2.24, 2.45) is 0 Å². The second kappa shape index (κ2) is 6.81. The monoisotopic (exact) mass is 256 g/mol. The van der Waals surface area contributed by atoms with Crippen LogP contribution in [0, 0.1) is 0 Å². The predicted molar refractivity (Wildman–Crippen MR) is 79.5 cm³/mol. The highest BCUT2D eigenvalue weighted by molar-refractivity contribution is 5.43. The Morgan fingerprint density at radius 2 is 1.68 bits per heavy atom. The van der Waals surface area contributed by atoms with Crippen molar-refractivity contribution in [3.05, 3.63) is 59.7 Å². The molecule has 0 aliphatic rings. The van der Waals surface area contributed by atoms with Crippen LogP contribution in [0.4, 0.5) is 5.69 Å². The summed E-state index contributed by atoms with van der Waals surface area (Å²) in [6, 6.07) is 16.5. The zero-order valence-corrected chi connectivity index (χ0v) is 11.4. The van der Waals surface area contributed by atoms with Crippen molar-refractivity contribution in [2.75, 3.05) is 19.5 Å². The first-order valence-electron chi connectivity index (χ1n) is 6.42. The fraction of sp³-hybridized carbons (Fsp3) is 0.250. The van der Waals surface area contributed by atoms with Gasteiger partial charge < -0.3 is 15.4 Å². The van der Waals surface area contributed by atoms with Crippen LogP contribution in [0.3, 0.4) is 0 Å². The van der Waals surface area contributed by atoms with Crippen molar-refractivity contribution in [1.82, 2.24) is 5.32 Å². The molecule has 0 atom stereocenters. The Bertz CT molecular complexity index is 508. The lowest BCUT2D eigenvalue weighted by Crippen LogP contribution is -2.12. The molecule has 0 fully saturated rings. The normalized spacial score (nSPS) is 10.2. The van der Waals surface area contributed by atoms with Crippen molar-refractivity contribution < 1.29 is 4.74 Å². The van der Waals surface area contributed by atoms with Crippen molar-refractivity contribution in [3.63, 3.8) is 0 Å². The van der Waals surface area contributed by atoms with E-state index in [4.69, 9.17) is 4.74 Å². The highest BCUT2D eigenvalue weighted by Gasteiger charge is 1.97. The van der Waals surface area contributed by atoms with Crippen LogP contribution in [-0.4, -0.2) is 14.2 Å². The quantitative estimate of drug-likeness (QED) is 0.833. The van der Waals surface area contributed by atoms with Gasteiger partial charge in [0, 0.05) is 25.8 Å². The summed E-state index contributed by atoms with van der Waals surface area (Å²) in [6.07, 6.45) is 0. The molecular formula is C16H20N2O. The molecule has 0 spiro atoms. The molecule has 0 unspecified atom stereocenters. The first-order chi connectivity index (χ1) is 9.31. The lowest BCUT2D eigenvalue weighted by Gasteiger charge is -2.07. The Kier molecular flexibility index (Phi) is 4.81. The van der Waals surface area contributed by atoms with E-state index in [2.05, 4.69) is 47.0 Å². The second-order valence-corrected chi connectivity index (χ2v) is 4.40. The van der Waals surface area contributed by atoms with Gasteiger partial charge in [-0.1, -0.05) is 24.3 Å². The van der Waals surface area contributed by atoms with Crippen molar-refractivity contribution in [2.45, 2.75) is 13.1 Å². The Balaban J connectivity index is 1.85. The molecule has 0 bridgehead atoms. The molecule has 0 saturated carbocycles. The third-order valence-electron chi connectivity index (χ3n) is 3.04. The van der Waals surface area contributed by atoms with Gasteiger partial charge in [-0.25, -0.2) is 0 Å². The van der Waals surface area contributed by atoms with E-state index in [0.29, 0.717) is 0 Å². The Labute approximate surface area is 114 Å². The highest BCUT2D eigenvalue weighted by Crippen LogP contribution is 2.13. The standard InChI is InChI=1S/C16H20N2O/c1-17-15-8-6-13(7-9-15)11-18-12-14-4-3-5-16(10-14)19-2/h3-10,17-18H,11-12H2,1-2H3. The van der Waals surface area contributed by atoms with Gasteiger partial charge in [0.15, 0.2) is 0 Å². The third kappa shape index (κ3) is 4.00. The van der Waals surface area contributed by atoms with Gasteiger partial charge in [-0.05, 0) is 35.4 Å². The van der Waals surface area contributed by atoms with E-state index in [0.717, 1.165) is 24.5 Å². The summed E-state index contributed by atoms with van der Waals surface area (Å²) in [5.74, 6) is 0.901. The average molecular weight is 256 g/mol. The Morgan fingerprint density at radius 1 is 0.947 bits per heavy atom. The van der Waals surface area contributed by atoms with Crippen LogP contribution in [0.1, 0.15) is 11.1 Å². The van der Waals surface area contributed by atoms with E-state index in [1.165, 1.54) is 11.1 Å². The van der Waals surface area contributed by atoms with Crippen LogP contribution in [0.5, 0.6) is 5.75 Å². The first-order valence-corrected chi connectivity index (χ1v) is 6.42. The summed E-state index contributed by atoms with van der Waals surface area (Å²) in [5, 5.41) is 6.55. The predicted octanol–water partition coefficient (Wildman–Crippen LogP) is 3.03. The molecule has 3 heteroatoms. The van der Waals surface area contributed by atoms with E-state index in [9.17, 15) is 0 Å². The van der Waals surface area contributed by atoms with Gasteiger partial charge in [0.05, 0.1) is 7.11 Å². The molecule has 3 nitrogen and oxygen atoms in total. The van der Waals surface area contributed by atoms with Gasteiger partial charge in [0.25, 0.3) is 0 Å². The molecule has 2 aromatic carbocycles. The Morgan fingerprint density at radius 3 is 2.37 bits per heavy atom. The van der Waals surface area contributed by atoms with Gasteiger partial charge >= 0.3 is 0 Å². The number of methoxy groups -OCH3 is 1. The molecule has 19 heavy (non-hydrogen) atoms. The zero-order valence-electron chi connectivity index (χ0n) is 11.4. The van der Waals surface area contributed by atoms with E-state index in [1.807, 2.05) is 19.2 Å². The molecule has 0 amide bonds. The molecule has 2 rings (SSSR count). The number of hydrogen-bond acceptors (Lipinski definition) is 3. The summed E-state index contributed by atoms with van der Waals surface area (Å²) in [7, 11) is 3.62. The Hall–Kier alpha value is -2.00. The van der Waals surface area contributed by atoms with Gasteiger partial charge in [0.2, 0.25) is 0 Å². The van der Waals surface area contributed by atoms with Crippen molar-refractivity contribution >= 4 is 5.69 Å². The minimum absolute atomic E-state index is 0.838. The minimum Gasteiger partial charge on any atom is -0.497 e. The fourth-order valence-electron chi connectivity index (χ4n) is 1.92.